The minimum absolute atomic E-state index is 0.120. The molecule has 1 fully saturated rings. The topological polar surface area (TPSA) is 104 Å². The molecule has 0 radical (unpaired) electrons. The van der Waals surface area contributed by atoms with Crippen LogP contribution >= 0.6 is 0 Å². The number of aromatic amines is 1. The van der Waals surface area contributed by atoms with Crippen LogP contribution in [-0.2, 0) is 9.53 Å². The van der Waals surface area contributed by atoms with Gasteiger partial charge in [0.15, 0.2) is 11.9 Å². The van der Waals surface area contributed by atoms with Gasteiger partial charge in [-0.2, -0.15) is 10.4 Å². The molecule has 3 rings (SSSR count). The van der Waals surface area contributed by atoms with E-state index in [0.29, 0.717) is 42.7 Å². The Labute approximate surface area is 145 Å². The molecule has 8 nitrogen and oxygen atoms in total. The third kappa shape index (κ3) is 3.95. The fraction of sp³-hybridized carbons (Fsp3) is 0.412. The van der Waals surface area contributed by atoms with Crippen molar-refractivity contribution in [3.63, 3.8) is 0 Å². The summed E-state index contributed by atoms with van der Waals surface area (Å²) in [6.45, 7) is 4.84. The van der Waals surface area contributed by atoms with Gasteiger partial charge >= 0.3 is 0 Å². The Hall–Kier alpha value is -2.92. The van der Waals surface area contributed by atoms with E-state index in [1.165, 1.54) is 0 Å². The number of rotatable bonds is 4. The van der Waals surface area contributed by atoms with Crippen molar-refractivity contribution in [2.45, 2.75) is 26.1 Å². The van der Waals surface area contributed by atoms with E-state index in [9.17, 15) is 4.79 Å². The highest BCUT2D eigenvalue weighted by Crippen LogP contribution is 2.21. The highest BCUT2D eigenvalue weighted by Gasteiger charge is 2.30. The Kier molecular flexibility index (Phi) is 4.95. The van der Waals surface area contributed by atoms with Crippen LogP contribution in [0.15, 0.2) is 24.3 Å². The van der Waals surface area contributed by atoms with Gasteiger partial charge in [-0.3, -0.25) is 9.89 Å². The predicted molar refractivity (Wildman–Crippen MR) is 87.6 cm³/mol. The Morgan fingerprint density at radius 1 is 1.48 bits per heavy atom. The molecule has 8 heteroatoms. The summed E-state index contributed by atoms with van der Waals surface area (Å²) >= 11 is 0. The average molecular weight is 341 g/mol. The molecule has 2 aromatic rings. The molecule has 0 aliphatic carbocycles. The van der Waals surface area contributed by atoms with Crippen molar-refractivity contribution in [2.75, 3.05) is 19.7 Å². The van der Waals surface area contributed by atoms with E-state index in [4.69, 9.17) is 14.7 Å². The van der Waals surface area contributed by atoms with Crippen molar-refractivity contribution in [1.82, 2.24) is 20.1 Å². The quantitative estimate of drug-likeness (QED) is 0.900. The zero-order valence-corrected chi connectivity index (χ0v) is 14.1. The highest BCUT2D eigenvalue weighted by molar-refractivity contribution is 5.81. The van der Waals surface area contributed by atoms with Crippen LogP contribution in [0.5, 0.6) is 5.75 Å². The maximum absolute atomic E-state index is 12.7. The van der Waals surface area contributed by atoms with Gasteiger partial charge in [-0.25, -0.2) is 4.98 Å². The lowest BCUT2D eigenvalue weighted by atomic mass is 10.2. The molecule has 0 bridgehead atoms. The fourth-order valence-corrected chi connectivity index (χ4v) is 2.63. The van der Waals surface area contributed by atoms with Crippen LogP contribution in [0.1, 0.15) is 30.2 Å². The minimum Gasteiger partial charge on any atom is -0.481 e. The van der Waals surface area contributed by atoms with Crippen LogP contribution in [0.3, 0.4) is 0 Å². The molecular weight excluding hydrogens is 322 g/mol. The number of carbonyl (C=O) groups is 1. The van der Waals surface area contributed by atoms with Gasteiger partial charge in [0.1, 0.15) is 17.7 Å². The Morgan fingerprint density at radius 3 is 2.88 bits per heavy atom. The van der Waals surface area contributed by atoms with Gasteiger partial charge < -0.3 is 14.4 Å². The van der Waals surface area contributed by atoms with Gasteiger partial charge in [-0.05, 0) is 38.1 Å². The molecule has 1 saturated heterocycles. The number of hydrogen-bond donors (Lipinski definition) is 1. The van der Waals surface area contributed by atoms with E-state index in [-0.39, 0.29) is 12.0 Å². The lowest BCUT2D eigenvalue weighted by Crippen LogP contribution is -2.47. The lowest BCUT2D eigenvalue weighted by Gasteiger charge is -2.33. The van der Waals surface area contributed by atoms with Crippen LogP contribution in [0.4, 0.5) is 0 Å². The molecule has 1 aromatic heterocycles. The van der Waals surface area contributed by atoms with Crippen molar-refractivity contribution >= 4 is 5.91 Å². The van der Waals surface area contributed by atoms with Crippen LogP contribution in [0.25, 0.3) is 0 Å². The number of nitriles is 1. The third-order valence-corrected chi connectivity index (χ3v) is 3.92. The molecule has 25 heavy (non-hydrogen) atoms. The summed E-state index contributed by atoms with van der Waals surface area (Å²) in [5.74, 6) is 1.69. The summed E-state index contributed by atoms with van der Waals surface area (Å²) in [6, 6.07) is 8.72. The molecular formula is C17H19N5O3. The number of benzene rings is 1. The molecule has 1 aliphatic rings. The number of carbonyl (C=O) groups excluding carboxylic acids is 1. The molecule has 2 atom stereocenters. The Balaban J connectivity index is 1.61. The Morgan fingerprint density at radius 2 is 2.24 bits per heavy atom. The number of amides is 1. The van der Waals surface area contributed by atoms with Crippen molar-refractivity contribution in [1.29, 1.82) is 5.26 Å². The first-order valence-electron chi connectivity index (χ1n) is 8.03. The van der Waals surface area contributed by atoms with Crippen LogP contribution in [0, 0.1) is 18.3 Å². The summed E-state index contributed by atoms with van der Waals surface area (Å²) in [7, 11) is 0. The highest BCUT2D eigenvalue weighted by atomic mass is 16.5. The number of aryl methyl sites for hydroxylation is 1. The number of nitrogens with one attached hydrogen (secondary N) is 1. The summed E-state index contributed by atoms with van der Waals surface area (Å²) in [4.78, 5) is 18.6. The van der Waals surface area contributed by atoms with E-state index >= 15 is 0 Å². The molecule has 1 aromatic carbocycles. The van der Waals surface area contributed by atoms with Gasteiger partial charge in [0.2, 0.25) is 0 Å². The molecule has 1 aliphatic heterocycles. The van der Waals surface area contributed by atoms with Gasteiger partial charge in [0.25, 0.3) is 5.91 Å². The molecule has 0 unspecified atom stereocenters. The minimum atomic E-state index is -0.638. The van der Waals surface area contributed by atoms with Crippen molar-refractivity contribution in [3.8, 4) is 11.8 Å². The van der Waals surface area contributed by atoms with Gasteiger partial charge in [-0.15, -0.1) is 0 Å². The smallest absolute Gasteiger partial charge is 0.263 e. The maximum Gasteiger partial charge on any atom is 0.263 e. The van der Waals surface area contributed by atoms with Crippen LogP contribution < -0.4 is 4.74 Å². The molecule has 2 heterocycles. The fourth-order valence-electron chi connectivity index (χ4n) is 2.63. The summed E-state index contributed by atoms with van der Waals surface area (Å²) in [6.07, 6.45) is -0.981. The summed E-state index contributed by atoms with van der Waals surface area (Å²) in [5, 5.41) is 15.7. The van der Waals surface area contributed by atoms with E-state index in [0.717, 1.165) is 0 Å². The second-order valence-corrected chi connectivity index (χ2v) is 5.82. The number of morpholine rings is 1. The van der Waals surface area contributed by atoms with Gasteiger partial charge in [0.05, 0.1) is 24.8 Å². The van der Waals surface area contributed by atoms with Gasteiger partial charge in [-0.1, -0.05) is 0 Å². The first kappa shape index (κ1) is 16.9. The maximum atomic E-state index is 12.7. The average Bonchev–Trinajstić information content (AvgIpc) is 3.08. The molecule has 1 amide bonds. The first-order chi connectivity index (χ1) is 12.1. The normalized spacial score (nSPS) is 18.4. The first-order valence-corrected chi connectivity index (χ1v) is 8.03. The molecule has 0 saturated carbocycles. The van der Waals surface area contributed by atoms with E-state index in [1.54, 1.807) is 36.1 Å². The lowest BCUT2D eigenvalue weighted by molar-refractivity contribution is -0.146. The number of hydrogen-bond acceptors (Lipinski definition) is 6. The van der Waals surface area contributed by atoms with E-state index < -0.39 is 6.10 Å². The Bertz CT molecular complexity index is 780. The molecule has 1 N–H and O–H groups in total. The van der Waals surface area contributed by atoms with Gasteiger partial charge in [0, 0.05) is 6.54 Å². The monoisotopic (exact) mass is 341 g/mol. The third-order valence-electron chi connectivity index (χ3n) is 3.92. The molecule has 130 valence electrons. The summed E-state index contributed by atoms with van der Waals surface area (Å²) in [5.41, 5.74) is 0.546. The van der Waals surface area contributed by atoms with Crippen molar-refractivity contribution < 1.29 is 14.3 Å². The SMILES string of the molecule is Cc1nc([C@@H]2CN(C(=O)[C@H](C)Oc3ccc(C#N)cc3)CCO2)n[nH]1. The zero-order chi connectivity index (χ0) is 17.8. The van der Waals surface area contributed by atoms with E-state index in [2.05, 4.69) is 15.2 Å². The summed E-state index contributed by atoms with van der Waals surface area (Å²) < 4.78 is 11.4. The number of aromatic nitrogens is 3. The second-order valence-electron chi connectivity index (χ2n) is 5.82. The van der Waals surface area contributed by atoms with Crippen LogP contribution in [0.2, 0.25) is 0 Å². The second kappa shape index (κ2) is 7.32. The predicted octanol–water partition coefficient (Wildman–Crippen LogP) is 1.35. The van der Waals surface area contributed by atoms with E-state index in [1.807, 2.05) is 13.0 Å². The van der Waals surface area contributed by atoms with Crippen LogP contribution in [-0.4, -0.2) is 51.8 Å². The van der Waals surface area contributed by atoms with Crippen molar-refractivity contribution in [2.24, 2.45) is 0 Å². The number of nitrogens with zero attached hydrogens (tertiary/aromatic N) is 4. The van der Waals surface area contributed by atoms with Crippen molar-refractivity contribution in [3.05, 3.63) is 41.5 Å². The number of ether oxygens (including phenoxy) is 2. The largest absolute Gasteiger partial charge is 0.481 e. The zero-order valence-electron chi connectivity index (χ0n) is 14.1. The standard InChI is InChI=1S/C17H19N5O3/c1-11(25-14-5-3-13(9-18)4-6-14)17(23)22-7-8-24-15(10-22)16-19-12(2)20-21-16/h3-6,11,15H,7-8,10H2,1-2H3,(H,19,20,21)/t11-,15-/m0/s1. The number of H-pyrrole nitrogens is 1. The molecule has 0 spiro atoms.